The fraction of sp³-hybridized carbons (Fsp3) is 0.481. The molecule has 3 heterocycles. The van der Waals surface area contributed by atoms with Gasteiger partial charge in [-0.2, -0.15) is 5.10 Å². The Labute approximate surface area is 217 Å². The zero-order valence-corrected chi connectivity index (χ0v) is 22.0. The van der Waals surface area contributed by atoms with E-state index in [0.29, 0.717) is 34.8 Å². The van der Waals surface area contributed by atoms with Crippen LogP contribution >= 0.6 is 11.6 Å². The van der Waals surface area contributed by atoms with Gasteiger partial charge in [0.15, 0.2) is 11.6 Å². The van der Waals surface area contributed by atoms with Gasteiger partial charge in [-0.25, -0.2) is 9.97 Å². The number of nitrogens with two attached hydrogens (primary N) is 1. The molecule has 0 spiro atoms. The summed E-state index contributed by atoms with van der Waals surface area (Å²) in [5, 5.41) is 10.7. The number of aromatic nitrogens is 4. The predicted octanol–water partition coefficient (Wildman–Crippen LogP) is 4.70. The number of anilines is 2. The van der Waals surface area contributed by atoms with Crippen LogP contribution in [0.25, 0.3) is 0 Å². The maximum absolute atomic E-state index is 12.8. The minimum atomic E-state index is -0.600. The van der Waals surface area contributed by atoms with E-state index < -0.39 is 5.54 Å². The molecule has 0 unspecified atom stereocenters. The normalized spacial score (nSPS) is 17.6. The summed E-state index contributed by atoms with van der Waals surface area (Å²) in [4.78, 5) is 23.9. The Bertz CT molecular complexity index is 1280. The number of aryl methyl sites for hydroxylation is 3. The summed E-state index contributed by atoms with van der Waals surface area (Å²) in [6, 6.07) is 6.46. The number of amides is 1. The molecule has 5 rings (SSSR count). The topological polar surface area (TPSA) is 113 Å². The summed E-state index contributed by atoms with van der Waals surface area (Å²) >= 11 is 6.33. The first-order chi connectivity index (χ1) is 17.2. The molecule has 9 heteroatoms. The minimum absolute atomic E-state index is 0.148. The van der Waals surface area contributed by atoms with Gasteiger partial charge in [-0.3, -0.25) is 9.89 Å². The molecule has 1 saturated carbocycles. The van der Waals surface area contributed by atoms with Gasteiger partial charge in [0.05, 0.1) is 11.7 Å². The van der Waals surface area contributed by atoms with E-state index in [9.17, 15) is 4.79 Å². The largest absolute Gasteiger partial charge is 0.341 e. The first-order valence-corrected chi connectivity index (χ1v) is 13.1. The van der Waals surface area contributed by atoms with Crippen LogP contribution in [0.3, 0.4) is 0 Å². The Morgan fingerprint density at radius 3 is 2.58 bits per heavy atom. The summed E-state index contributed by atoms with van der Waals surface area (Å²) in [6.45, 7) is 7.83. The van der Waals surface area contributed by atoms with Gasteiger partial charge < -0.3 is 16.0 Å². The molecule has 2 fully saturated rings. The van der Waals surface area contributed by atoms with E-state index in [2.05, 4.69) is 51.5 Å². The maximum atomic E-state index is 12.8. The molecule has 3 aromatic rings. The van der Waals surface area contributed by atoms with Crippen LogP contribution in [0, 0.1) is 20.8 Å². The summed E-state index contributed by atoms with van der Waals surface area (Å²) < 4.78 is 0. The third-order valence-corrected chi connectivity index (χ3v) is 7.99. The van der Waals surface area contributed by atoms with E-state index in [1.807, 2.05) is 17.9 Å². The van der Waals surface area contributed by atoms with Gasteiger partial charge in [-0.15, -0.1) is 0 Å². The summed E-state index contributed by atoms with van der Waals surface area (Å²) in [5.74, 6) is 2.51. The summed E-state index contributed by atoms with van der Waals surface area (Å²) in [7, 11) is 0. The maximum Gasteiger partial charge on any atom is 0.242 e. The smallest absolute Gasteiger partial charge is 0.242 e. The van der Waals surface area contributed by atoms with Gasteiger partial charge in [0.1, 0.15) is 10.8 Å². The number of piperidine rings is 1. The Morgan fingerprint density at radius 1 is 1.19 bits per heavy atom. The first-order valence-electron chi connectivity index (χ1n) is 12.7. The molecule has 1 saturated heterocycles. The van der Waals surface area contributed by atoms with Crippen molar-refractivity contribution in [2.24, 2.45) is 5.73 Å². The number of nitrogens with one attached hydrogen (secondary N) is 2. The number of halogens is 1. The first kappa shape index (κ1) is 24.7. The number of nitrogens with zero attached hydrogens (tertiary/aromatic N) is 4. The summed E-state index contributed by atoms with van der Waals surface area (Å²) in [5.41, 5.74) is 11.7. The van der Waals surface area contributed by atoms with Crippen LogP contribution in [0.4, 0.5) is 11.6 Å². The van der Waals surface area contributed by atoms with E-state index in [0.717, 1.165) is 50.9 Å². The van der Waals surface area contributed by atoms with Gasteiger partial charge in [0.25, 0.3) is 0 Å². The molecule has 2 aliphatic rings. The SMILES string of the molecule is Cc1cc(Nc2nc(Cc3cc(C)c(C4CCN(C(=O)C5(N)CCC5)CC4)cc3C)ncc2Cl)n[nH]1. The Balaban J connectivity index is 1.27. The second-order valence-corrected chi connectivity index (χ2v) is 10.8. The van der Waals surface area contributed by atoms with E-state index in [1.165, 1.54) is 22.3 Å². The highest BCUT2D eigenvalue weighted by atomic mass is 35.5. The molecule has 2 aromatic heterocycles. The van der Waals surface area contributed by atoms with Crippen LogP contribution in [-0.2, 0) is 11.2 Å². The number of carbonyl (C=O) groups excluding carboxylic acids is 1. The van der Waals surface area contributed by atoms with E-state index >= 15 is 0 Å². The Morgan fingerprint density at radius 2 is 1.94 bits per heavy atom. The highest BCUT2D eigenvalue weighted by molar-refractivity contribution is 6.32. The van der Waals surface area contributed by atoms with Gasteiger partial charge in [0.2, 0.25) is 5.91 Å². The van der Waals surface area contributed by atoms with E-state index in [1.54, 1.807) is 6.20 Å². The van der Waals surface area contributed by atoms with Crippen LogP contribution < -0.4 is 11.1 Å². The molecule has 1 aliphatic heterocycles. The van der Waals surface area contributed by atoms with E-state index in [-0.39, 0.29) is 5.91 Å². The summed E-state index contributed by atoms with van der Waals surface area (Å²) in [6.07, 6.45) is 6.90. The number of carbonyl (C=O) groups is 1. The number of likely N-dealkylation sites (tertiary alicyclic amines) is 1. The molecule has 1 aliphatic carbocycles. The zero-order chi connectivity index (χ0) is 25.4. The zero-order valence-electron chi connectivity index (χ0n) is 21.2. The molecule has 36 heavy (non-hydrogen) atoms. The molecule has 8 nitrogen and oxygen atoms in total. The second-order valence-electron chi connectivity index (χ2n) is 10.4. The Kier molecular flexibility index (Phi) is 6.74. The van der Waals surface area contributed by atoms with E-state index in [4.69, 9.17) is 17.3 Å². The van der Waals surface area contributed by atoms with Crippen molar-refractivity contribution in [3.63, 3.8) is 0 Å². The lowest BCUT2D eigenvalue weighted by atomic mass is 9.76. The highest BCUT2D eigenvalue weighted by Crippen LogP contribution is 2.36. The molecular weight excluding hydrogens is 474 g/mol. The number of H-pyrrole nitrogens is 1. The molecular formula is C27H34ClN7O. The molecule has 1 aromatic carbocycles. The van der Waals surface area contributed by atoms with Crippen molar-refractivity contribution in [2.45, 2.75) is 70.8 Å². The second kappa shape index (κ2) is 9.82. The average Bonchev–Trinajstić information content (AvgIpc) is 3.26. The van der Waals surface area contributed by atoms with Crippen molar-refractivity contribution >= 4 is 29.1 Å². The van der Waals surface area contributed by atoms with Gasteiger partial charge in [-0.05, 0) is 81.0 Å². The Hall–Kier alpha value is -2.97. The third kappa shape index (κ3) is 4.97. The number of hydrogen-bond donors (Lipinski definition) is 3. The average molecular weight is 508 g/mol. The van der Waals surface area contributed by atoms with Crippen LogP contribution in [0.1, 0.15) is 71.8 Å². The number of benzene rings is 1. The fourth-order valence-corrected chi connectivity index (χ4v) is 5.50. The van der Waals surface area contributed by atoms with Crippen molar-refractivity contribution < 1.29 is 4.79 Å². The lowest BCUT2D eigenvalue weighted by Crippen LogP contribution is -2.60. The van der Waals surface area contributed by atoms with Gasteiger partial charge in [-0.1, -0.05) is 23.7 Å². The molecule has 0 atom stereocenters. The van der Waals surface area contributed by atoms with Crippen LogP contribution in [0.2, 0.25) is 5.02 Å². The molecule has 0 bridgehead atoms. The molecule has 0 radical (unpaired) electrons. The number of rotatable bonds is 6. The van der Waals surface area contributed by atoms with Crippen LogP contribution in [-0.4, -0.2) is 49.6 Å². The number of aromatic amines is 1. The molecule has 1 amide bonds. The molecule has 4 N–H and O–H groups in total. The van der Waals surface area contributed by atoms with Crippen molar-refractivity contribution in [3.05, 3.63) is 63.2 Å². The van der Waals surface area contributed by atoms with Crippen molar-refractivity contribution in [1.82, 2.24) is 25.1 Å². The predicted molar refractivity (Wildman–Crippen MR) is 142 cm³/mol. The van der Waals surface area contributed by atoms with Crippen molar-refractivity contribution in [3.8, 4) is 0 Å². The van der Waals surface area contributed by atoms with Crippen LogP contribution in [0.5, 0.6) is 0 Å². The minimum Gasteiger partial charge on any atom is -0.341 e. The van der Waals surface area contributed by atoms with Gasteiger partial charge in [0, 0.05) is 31.3 Å². The standard InChI is InChI=1S/C27H34ClN7O/c1-16-12-21(19-5-9-35(10-6-19)26(36)27(29)7-4-8-27)17(2)11-20(16)14-23-30-15-22(28)25(31-23)32-24-13-18(3)33-34-24/h11-13,15,19H,4-10,14,29H2,1-3H3,(H2,30,31,32,33,34). The lowest BCUT2D eigenvalue weighted by molar-refractivity contribution is -0.141. The number of hydrogen-bond acceptors (Lipinski definition) is 6. The van der Waals surface area contributed by atoms with Crippen molar-refractivity contribution in [1.29, 1.82) is 0 Å². The highest BCUT2D eigenvalue weighted by Gasteiger charge is 2.43. The van der Waals surface area contributed by atoms with Crippen molar-refractivity contribution in [2.75, 3.05) is 18.4 Å². The van der Waals surface area contributed by atoms with Gasteiger partial charge >= 0.3 is 0 Å². The third-order valence-electron chi connectivity index (χ3n) is 7.71. The quantitative estimate of drug-likeness (QED) is 0.445. The fourth-order valence-electron chi connectivity index (χ4n) is 5.36. The monoisotopic (exact) mass is 507 g/mol. The molecule has 190 valence electrons. The van der Waals surface area contributed by atoms with Crippen LogP contribution in [0.15, 0.2) is 24.4 Å². The lowest BCUT2D eigenvalue weighted by Gasteiger charge is -2.43.